The maximum absolute atomic E-state index is 13.4. The van der Waals surface area contributed by atoms with Gasteiger partial charge in [-0.05, 0) is 55.9 Å². The molecule has 0 aromatic heterocycles. The molecule has 3 aromatic carbocycles. The maximum Gasteiger partial charge on any atom is 0.232 e. The summed E-state index contributed by atoms with van der Waals surface area (Å²) >= 11 is 0. The topological polar surface area (TPSA) is 32.3 Å². The number of carbonyl (C=O) groups is 1. The average Bonchev–Trinajstić information content (AvgIpc) is 2.73. The third-order valence-electron chi connectivity index (χ3n) is 4.98. The lowest BCUT2D eigenvalue weighted by atomic mass is 9.90. The second kappa shape index (κ2) is 9.99. The monoisotopic (exact) mass is 390 g/mol. The molecule has 0 saturated heterocycles. The van der Waals surface area contributed by atoms with Crippen LogP contribution in [0.3, 0.4) is 0 Å². The van der Waals surface area contributed by atoms with Crippen molar-refractivity contribution in [3.8, 4) is 0 Å². The molecule has 4 heteroatoms. The molecule has 0 aliphatic rings. The summed E-state index contributed by atoms with van der Waals surface area (Å²) in [5.74, 6) is -0.743. The Kier molecular flexibility index (Phi) is 7.14. The van der Waals surface area contributed by atoms with E-state index in [0.29, 0.717) is 0 Å². The number of carbonyl (C=O) groups excluding carboxylic acids is 1. The van der Waals surface area contributed by atoms with Gasteiger partial charge >= 0.3 is 0 Å². The number of nitrogens with one attached hydrogen (secondary N) is 1. The fourth-order valence-corrected chi connectivity index (χ4v) is 3.45. The van der Waals surface area contributed by atoms with Gasteiger partial charge in [0.05, 0.1) is 12.0 Å². The molecule has 3 rings (SSSR count). The lowest BCUT2D eigenvalue weighted by Crippen LogP contribution is -2.35. The highest BCUT2D eigenvalue weighted by molar-refractivity contribution is 5.87. The third-order valence-corrected chi connectivity index (χ3v) is 4.98. The van der Waals surface area contributed by atoms with Crippen molar-refractivity contribution < 1.29 is 9.18 Å². The van der Waals surface area contributed by atoms with Crippen molar-refractivity contribution in [2.24, 2.45) is 0 Å². The van der Waals surface area contributed by atoms with E-state index in [0.717, 1.165) is 29.7 Å². The minimum Gasteiger partial charge on any atom is -0.348 e. The highest BCUT2D eigenvalue weighted by Crippen LogP contribution is 2.27. The van der Waals surface area contributed by atoms with Crippen LogP contribution >= 0.6 is 0 Å². The summed E-state index contributed by atoms with van der Waals surface area (Å²) < 4.78 is 13.4. The molecule has 0 bridgehead atoms. The Morgan fingerprint density at radius 3 is 1.83 bits per heavy atom. The molecule has 3 nitrogen and oxygen atoms in total. The number of amides is 1. The van der Waals surface area contributed by atoms with E-state index in [9.17, 15) is 9.18 Å². The van der Waals surface area contributed by atoms with Crippen LogP contribution in [0.25, 0.3) is 0 Å². The normalized spacial score (nSPS) is 12.2. The standard InChI is InChI=1S/C25H27FN2O/c1-28(2)18-17-23(19-13-15-22(26)16-14-19)27-25(29)24(20-9-5-3-6-10-20)21-11-7-4-8-12-21/h3-16,23-24H,17-18H2,1-2H3,(H,27,29)/t23-/m0/s1. The van der Waals surface area contributed by atoms with Crippen LogP contribution in [-0.2, 0) is 4.79 Å². The van der Waals surface area contributed by atoms with Gasteiger partial charge in [0.2, 0.25) is 5.91 Å². The van der Waals surface area contributed by atoms with E-state index in [1.807, 2.05) is 74.8 Å². The third kappa shape index (κ3) is 5.75. The van der Waals surface area contributed by atoms with Crippen LogP contribution < -0.4 is 5.32 Å². The first-order valence-corrected chi connectivity index (χ1v) is 9.85. The van der Waals surface area contributed by atoms with Crippen molar-refractivity contribution in [3.05, 3.63) is 107 Å². The summed E-state index contributed by atoms with van der Waals surface area (Å²) in [4.78, 5) is 15.5. The Bertz CT molecular complexity index is 856. The van der Waals surface area contributed by atoms with Crippen molar-refractivity contribution in [3.63, 3.8) is 0 Å². The van der Waals surface area contributed by atoms with Gasteiger partial charge in [-0.25, -0.2) is 4.39 Å². The number of halogens is 1. The summed E-state index contributed by atoms with van der Waals surface area (Å²) in [6.07, 6.45) is 0.737. The fourth-order valence-electron chi connectivity index (χ4n) is 3.45. The Labute approximate surface area is 172 Å². The average molecular weight is 391 g/mol. The van der Waals surface area contributed by atoms with Gasteiger partial charge < -0.3 is 10.2 Å². The molecule has 150 valence electrons. The lowest BCUT2D eigenvalue weighted by molar-refractivity contribution is -0.122. The molecule has 0 spiro atoms. The molecular weight excluding hydrogens is 363 g/mol. The number of benzene rings is 3. The minimum absolute atomic E-state index is 0.0597. The summed E-state index contributed by atoms with van der Waals surface area (Å²) in [5.41, 5.74) is 2.80. The van der Waals surface area contributed by atoms with E-state index < -0.39 is 5.92 Å². The number of rotatable bonds is 8. The summed E-state index contributed by atoms with van der Waals surface area (Å²) in [5, 5.41) is 3.22. The molecule has 29 heavy (non-hydrogen) atoms. The molecule has 3 aromatic rings. The molecule has 0 aliphatic heterocycles. The van der Waals surface area contributed by atoms with E-state index in [1.54, 1.807) is 12.1 Å². The van der Waals surface area contributed by atoms with E-state index >= 15 is 0 Å². The predicted octanol–water partition coefficient (Wildman–Crippen LogP) is 4.77. The van der Waals surface area contributed by atoms with Crippen molar-refractivity contribution >= 4 is 5.91 Å². The highest BCUT2D eigenvalue weighted by atomic mass is 19.1. The Balaban J connectivity index is 1.89. The first kappa shape index (κ1) is 20.7. The van der Waals surface area contributed by atoms with E-state index in [-0.39, 0.29) is 17.8 Å². The lowest BCUT2D eigenvalue weighted by Gasteiger charge is -2.25. The van der Waals surface area contributed by atoms with Gasteiger partial charge in [0.1, 0.15) is 5.82 Å². The van der Waals surface area contributed by atoms with Crippen LogP contribution in [0, 0.1) is 5.82 Å². The van der Waals surface area contributed by atoms with Gasteiger partial charge in [0.15, 0.2) is 0 Å². The molecule has 1 amide bonds. The zero-order valence-electron chi connectivity index (χ0n) is 16.9. The quantitative estimate of drug-likeness (QED) is 0.601. The van der Waals surface area contributed by atoms with Crippen LogP contribution in [0.15, 0.2) is 84.9 Å². The van der Waals surface area contributed by atoms with Gasteiger partial charge in [-0.1, -0.05) is 72.8 Å². The summed E-state index contributed by atoms with van der Waals surface area (Å²) in [7, 11) is 4.00. The van der Waals surface area contributed by atoms with Gasteiger partial charge in [-0.2, -0.15) is 0 Å². The zero-order valence-corrected chi connectivity index (χ0v) is 16.9. The molecule has 0 aliphatic carbocycles. The maximum atomic E-state index is 13.4. The molecule has 0 radical (unpaired) electrons. The van der Waals surface area contributed by atoms with Crippen LogP contribution in [0.1, 0.15) is 35.1 Å². The van der Waals surface area contributed by atoms with E-state index in [1.165, 1.54) is 12.1 Å². The predicted molar refractivity (Wildman–Crippen MR) is 115 cm³/mol. The van der Waals surface area contributed by atoms with Crippen molar-refractivity contribution in [1.29, 1.82) is 0 Å². The van der Waals surface area contributed by atoms with Crippen LogP contribution in [0.2, 0.25) is 0 Å². The number of hydrogen-bond donors (Lipinski definition) is 1. The van der Waals surface area contributed by atoms with Crippen LogP contribution in [0.4, 0.5) is 4.39 Å². The van der Waals surface area contributed by atoms with Gasteiger partial charge in [-0.15, -0.1) is 0 Å². The summed E-state index contributed by atoms with van der Waals surface area (Å²) in [6.45, 7) is 0.809. The SMILES string of the molecule is CN(C)CC[C@H](NC(=O)C(c1ccccc1)c1ccccc1)c1ccc(F)cc1. The Morgan fingerprint density at radius 2 is 1.34 bits per heavy atom. The Morgan fingerprint density at radius 1 is 0.828 bits per heavy atom. The molecule has 0 heterocycles. The van der Waals surface area contributed by atoms with E-state index in [4.69, 9.17) is 0 Å². The molecule has 0 saturated carbocycles. The molecule has 0 unspecified atom stereocenters. The number of hydrogen-bond acceptors (Lipinski definition) is 2. The van der Waals surface area contributed by atoms with Gasteiger partial charge in [0.25, 0.3) is 0 Å². The first-order chi connectivity index (χ1) is 14.0. The van der Waals surface area contributed by atoms with Gasteiger partial charge in [0, 0.05) is 0 Å². The molecule has 0 fully saturated rings. The molecule has 1 N–H and O–H groups in total. The van der Waals surface area contributed by atoms with Gasteiger partial charge in [-0.3, -0.25) is 4.79 Å². The molecular formula is C25H27FN2O. The van der Waals surface area contributed by atoms with Crippen molar-refractivity contribution in [2.75, 3.05) is 20.6 Å². The molecule has 1 atom stereocenters. The Hall–Kier alpha value is -2.98. The van der Waals surface area contributed by atoms with Crippen molar-refractivity contribution in [2.45, 2.75) is 18.4 Å². The second-order valence-corrected chi connectivity index (χ2v) is 7.46. The zero-order chi connectivity index (χ0) is 20.6. The largest absolute Gasteiger partial charge is 0.348 e. The van der Waals surface area contributed by atoms with E-state index in [2.05, 4.69) is 10.2 Å². The smallest absolute Gasteiger partial charge is 0.232 e. The number of nitrogens with zero attached hydrogens (tertiary/aromatic N) is 1. The van der Waals surface area contributed by atoms with Crippen LogP contribution in [0.5, 0.6) is 0 Å². The second-order valence-electron chi connectivity index (χ2n) is 7.46. The fraction of sp³-hybridized carbons (Fsp3) is 0.240. The summed E-state index contributed by atoms with van der Waals surface area (Å²) in [6, 6.07) is 25.8. The van der Waals surface area contributed by atoms with Crippen molar-refractivity contribution in [1.82, 2.24) is 10.2 Å². The minimum atomic E-state index is -0.403. The van der Waals surface area contributed by atoms with Crippen LogP contribution in [-0.4, -0.2) is 31.4 Å². The highest BCUT2D eigenvalue weighted by Gasteiger charge is 2.25. The first-order valence-electron chi connectivity index (χ1n) is 9.85.